The molecular weight excluding hydrogens is 255 g/mol. The Morgan fingerprint density at radius 3 is 2.65 bits per heavy atom. The fourth-order valence-corrected chi connectivity index (χ4v) is 1.35. The summed E-state index contributed by atoms with van der Waals surface area (Å²) in [6, 6.07) is 3.06. The molecule has 0 bridgehead atoms. The maximum absolute atomic E-state index is 12.3. The van der Waals surface area contributed by atoms with Crippen molar-refractivity contribution >= 4 is 17.7 Å². The Labute approximate surface area is 100 Å². The van der Waals surface area contributed by atoms with Gasteiger partial charge >= 0.3 is 6.18 Å². The topological polar surface area (TPSA) is 48.8 Å². The minimum absolute atomic E-state index is 0.00277. The van der Waals surface area contributed by atoms with Crippen molar-refractivity contribution < 1.29 is 13.2 Å². The zero-order valence-corrected chi connectivity index (χ0v) is 9.20. The average Bonchev–Trinajstić information content (AvgIpc) is 2.24. The van der Waals surface area contributed by atoms with Gasteiger partial charge in [-0.3, -0.25) is 0 Å². The minimum atomic E-state index is -4.41. The van der Waals surface area contributed by atoms with Crippen LogP contribution in [0.5, 0.6) is 0 Å². The van der Waals surface area contributed by atoms with E-state index in [0.29, 0.717) is 5.56 Å². The van der Waals surface area contributed by atoms with Gasteiger partial charge in [0.05, 0.1) is 5.56 Å². The first-order valence-corrected chi connectivity index (χ1v) is 4.87. The van der Waals surface area contributed by atoms with Gasteiger partial charge in [-0.15, -0.1) is 0 Å². The first-order chi connectivity index (χ1) is 7.95. The number of rotatable bonds is 3. The lowest BCUT2D eigenvalue weighted by atomic mass is 10.1. The summed E-state index contributed by atoms with van der Waals surface area (Å²) < 4.78 is 37.0. The number of alkyl halides is 3. The van der Waals surface area contributed by atoms with E-state index < -0.39 is 11.7 Å². The van der Waals surface area contributed by atoms with E-state index >= 15 is 0 Å². The third-order valence-electron chi connectivity index (χ3n) is 1.88. The molecule has 1 rings (SSSR count). The second-order valence-electron chi connectivity index (χ2n) is 3.05. The summed E-state index contributed by atoms with van der Waals surface area (Å²) in [5, 5.41) is 3.24. The summed E-state index contributed by atoms with van der Waals surface area (Å²) in [7, 11) is 0. The van der Waals surface area contributed by atoms with Crippen LogP contribution in [0.15, 0.2) is 29.4 Å². The smallest absolute Gasteiger partial charge is 0.166 e. The van der Waals surface area contributed by atoms with Gasteiger partial charge in [0, 0.05) is 16.5 Å². The Bertz CT molecular complexity index is 476. The maximum Gasteiger partial charge on any atom is 0.416 e. The van der Waals surface area contributed by atoms with E-state index in [9.17, 15) is 13.2 Å². The van der Waals surface area contributed by atoms with Crippen LogP contribution in [-0.2, 0) is 6.18 Å². The fourth-order valence-electron chi connectivity index (χ4n) is 1.10. The zero-order valence-electron chi connectivity index (χ0n) is 8.45. The molecule has 0 unspecified atom stereocenters. The average molecular weight is 262 g/mol. The third kappa shape index (κ3) is 4.01. The van der Waals surface area contributed by atoms with Crippen molar-refractivity contribution in [1.82, 2.24) is 0 Å². The quantitative estimate of drug-likeness (QED) is 0.431. The number of nitrogens with zero attached hydrogens (tertiary/aromatic N) is 3. The molecular formula is C10H7ClF3N3. The number of hydrogen-bond acceptors (Lipinski definition) is 1. The lowest BCUT2D eigenvalue weighted by molar-refractivity contribution is -0.137. The molecule has 0 spiro atoms. The Kier molecular flexibility index (Phi) is 4.43. The standard InChI is InChI=1S/C10H7ClF3N3/c11-9-6-8(10(12,13)14)4-3-7(9)2-1-5-16-17-15/h1-4,6H,5H2. The molecule has 0 atom stereocenters. The second kappa shape index (κ2) is 5.61. The van der Waals surface area contributed by atoms with E-state index in [4.69, 9.17) is 17.1 Å². The SMILES string of the molecule is [N-]=[N+]=NCC=Cc1ccc(C(F)(F)F)cc1Cl. The Hall–Kier alpha value is -1.65. The van der Waals surface area contributed by atoms with Gasteiger partial charge in [0.25, 0.3) is 0 Å². The van der Waals surface area contributed by atoms with Crippen LogP contribution in [0.25, 0.3) is 16.5 Å². The van der Waals surface area contributed by atoms with Crippen LogP contribution in [0.3, 0.4) is 0 Å². The van der Waals surface area contributed by atoms with Gasteiger partial charge in [0.1, 0.15) is 0 Å². The number of halogens is 4. The molecule has 0 heterocycles. The van der Waals surface area contributed by atoms with Crippen LogP contribution in [0, 0.1) is 0 Å². The highest BCUT2D eigenvalue weighted by atomic mass is 35.5. The summed E-state index contributed by atoms with van der Waals surface area (Å²) in [5.41, 5.74) is 7.66. The molecule has 1 aromatic carbocycles. The van der Waals surface area contributed by atoms with E-state index in [1.54, 1.807) is 0 Å². The van der Waals surface area contributed by atoms with Gasteiger partial charge in [-0.1, -0.05) is 34.9 Å². The fraction of sp³-hybridized carbons (Fsp3) is 0.200. The van der Waals surface area contributed by atoms with Crippen molar-refractivity contribution in [2.45, 2.75) is 6.18 Å². The molecule has 0 N–H and O–H groups in total. The summed E-state index contributed by atoms with van der Waals surface area (Å²) in [6.45, 7) is 0.119. The Morgan fingerprint density at radius 2 is 2.12 bits per heavy atom. The molecule has 1 aromatic rings. The molecule has 7 heteroatoms. The molecule has 0 saturated carbocycles. The predicted molar refractivity (Wildman–Crippen MR) is 59.5 cm³/mol. The van der Waals surface area contributed by atoms with Crippen LogP contribution < -0.4 is 0 Å². The van der Waals surface area contributed by atoms with Gasteiger partial charge < -0.3 is 0 Å². The second-order valence-corrected chi connectivity index (χ2v) is 3.46. The minimum Gasteiger partial charge on any atom is -0.166 e. The van der Waals surface area contributed by atoms with Crippen molar-refractivity contribution in [2.75, 3.05) is 6.54 Å². The van der Waals surface area contributed by atoms with Gasteiger partial charge in [-0.25, -0.2) is 0 Å². The monoisotopic (exact) mass is 261 g/mol. The first-order valence-electron chi connectivity index (χ1n) is 4.49. The molecule has 3 nitrogen and oxygen atoms in total. The third-order valence-corrected chi connectivity index (χ3v) is 2.20. The van der Waals surface area contributed by atoms with Crippen LogP contribution in [0.1, 0.15) is 11.1 Å². The lowest BCUT2D eigenvalue weighted by Gasteiger charge is -2.07. The highest BCUT2D eigenvalue weighted by molar-refractivity contribution is 6.32. The molecule has 0 aliphatic heterocycles. The van der Waals surface area contributed by atoms with Gasteiger partial charge in [-0.05, 0) is 23.2 Å². The first kappa shape index (κ1) is 13.4. The van der Waals surface area contributed by atoms with E-state index in [1.165, 1.54) is 18.2 Å². The van der Waals surface area contributed by atoms with E-state index in [1.807, 2.05) is 0 Å². The Morgan fingerprint density at radius 1 is 1.41 bits per heavy atom. The van der Waals surface area contributed by atoms with Crippen LogP contribution in [0.2, 0.25) is 5.02 Å². The number of azide groups is 1. The normalized spacial score (nSPS) is 11.5. The molecule has 17 heavy (non-hydrogen) atoms. The van der Waals surface area contributed by atoms with E-state index in [2.05, 4.69) is 10.0 Å². The van der Waals surface area contributed by atoms with Crippen molar-refractivity contribution in [2.24, 2.45) is 5.11 Å². The van der Waals surface area contributed by atoms with Crippen LogP contribution in [0.4, 0.5) is 13.2 Å². The summed E-state index contributed by atoms with van der Waals surface area (Å²) in [5.74, 6) is 0. The highest BCUT2D eigenvalue weighted by Gasteiger charge is 2.30. The largest absolute Gasteiger partial charge is 0.416 e. The highest BCUT2D eigenvalue weighted by Crippen LogP contribution is 2.32. The molecule has 0 fully saturated rings. The lowest BCUT2D eigenvalue weighted by Crippen LogP contribution is -2.04. The van der Waals surface area contributed by atoms with Gasteiger partial charge in [0.2, 0.25) is 0 Å². The summed E-state index contributed by atoms with van der Waals surface area (Å²) >= 11 is 5.69. The van der Waals surface area contributed by atoms with Gasteiger partial charge in [-0.2, -0.15) is 13.2 Å². The van der Waals surface area contributed by atoms with Gasteiger partial charge in [0.15, 0.2) is 0 Å². The summed E-state index contributed by atoms with van der Waals surface area (Å²) in [4.78, 5) is 2.53. The van der Waals surface area contributed by atoms with Crippen LogP contribution >= 0.6 is 11.6 Å². The molecule has 0 saturated heterocycles. The zero-order chi connectivity index (χ0) is 12.9. The van der Waals surface area contributed by atoms with Crippen molar-refractivity contribution in [3.63, 3.8) is 0 Å². The molecule has 90 valence electrons. The molecule has 0 radical (unpaired) electrons. The van der Waals surface area contributed by atoms with E-state index in [-0.39, 0.29) is 11.6 Å². The van der Waals surface area contributed by atoms with Crippen molar-refractivity contribution in [1.29, 1.82) is 0 Å². The molecule has 0 aromatic heterocycles. The summed E-state index contributed by atoms with van der Waals surface area (Å²) in [6.07, 6.45) is -1.40. The van der Waals surface area contributed by atoms with Crippen molar-refractivity contribution in [3.8, 4) is 0 Å². The molecule has 0 aliphatic carbocycles. The van der Waals surface area contributed by atoms with Crippen LogP contribution in [-0.4, -0.2) is 6.54 Å². The Balaban J connectivity index is 2.90. The molecule has 0 amide bonds. The maximum atomic E-state index is 12.3. The molecule has 0 aliphatic rings. The number of benzene rings is 1. The van der Waals surface area contributed by atoms with E-state index in [0.717, 1.165) is 12.1 Å². The predicted octanol–water partition coefficient (Wildman–Crippen LogP) is 4.68. The number of hydrogen-bond donors (Lipinski definition) is 0. The van der Waals surface area contributed by atoms with Crippen molar-refractivity contribution in [3.05, 3.63) is 50.9 Å².